The average molecular weight is 294 g/mol. The van der Waals surface area contributed by atoms with E-state index in [1.807, 2.05) is 0 Å². The third-order valence-electron chi connectivity index (χ3n) is 2.31. The van der Waals surface area contributed by atoms with Gasteiger partial charge in [0.25, 0.3) is 0 Å². The fourth-order valence-electron chi connectivity index (χ4n) is 1.41. The predicted molar refractivity (Wildman–Crippen MR) is 75.8 cm³/mol. The first-order valence-electron chi connectivity index (χ1n) is 5.61. The molecule has 20 heavy (non-hydrogen) atoms. The average Bonchev–Trinajstić information content (AvgIpc) is 2.35. The second-order valence-corrected chi connectivity index (χ2v) is 6.02. The lowest BCUT2D eigenvalue weighted by Crippen LogP contribution is -2.08. The highest BCUT2D eigenvalue weighted by Gasteiger charge is 2.16. The van der Waals surface area contributed by atoms with Crippen LogP contribution in [0.25, 0.3) is 6.08 Å². The summed E-state index contributed by atoms with van der Waals surface area (Å²) in [6, 6.07) is 6.07. The minimum atomic E-state index is -3.58. The lowest BCUT2D eigenvalue weighted by molar-refractivity contribution is -0.129. The van der Waals surface area contributed by atoms with E-state index in [1.165, 1.54) is 25.1 Å². The molecule has 0 aliphatic carbocycles. The Labute approximate surface area is 117 Å². The number of hydrogen-bond donors (Lipinski definition) is 0. The van der Waals surface area contributed by atoms with Crippen LogP contribution in [0.2, 0.25) is 0 Å². The first kappa shape index (κ1) is 15.8. The van der Waals surface area contributed by atoms with Gasteiger partial charge in [-0.05, 0) is 30.7 Å². The number of sulfone groups is 1. The first-order chi connectivity index (χ1) is 9.24. The molecular formula is C14H14O5S. The molecule has 0 N–H and O–H groups in total. The molecule has 0 spiro atoms. The second-order valence-electron chi connectivity index (χ2n) is 4.03. The van der Waals surface area contributed by atoms with Crippen molar-refractivity contribution >= 4 is 27.7 Å². The van der Waals surface area contributed by atoms with Crippen LogP contribution in [0.1, 0.15) is 12.5 Å². The summed E-state index contributed by atoms with van der Waals surface area (Å²) in [7, 11) is -3.58. The highest BCUT2D eigenvalue weighted by atomic mass is 32.2. The fraction of sp³-hybridized carbons (Fsp3) is 0.143. The van der Waals surface area contributed by atoms with Crippen LogP contribution in [-0.4, -0.2) is 26.4 Å². The summed E-state index contributed by atoms with van der Waals surface area (Å²) in [5, 5.41) is 0. The number of benzene rings is 1. The number of carbonyl (C=O) groups is 2. The van der Waals surface area contributed by atoms with E-state index in [-0.39, 0.29) is 4.91 Å². The third-order valence-corrected chi connectivity index (χ3v) is 3.51. The number of rotatable bonds is 5. The summed E-state index contributed by atoms with van der Waals surface area (Å²) in [6.07, 6.45) is 3.28. The second kappa shape index (κ2) is 6.29. The molecule has 0 bridgehead atoms. The van der Waals surface area contributed by atoms with Gasteiger partial charge in [0.2, 0.25) is 0 Å². The van der Waals surface area contributed by atoms with Crippen LogP contribution in [-0.2, 0) is 19.4 Å². The van der Waals surface area contributed by atoms with E-state index in [1.54, 1.807) is 12.1 Å². The molecule has 0 saturated carbocycles. The van der Waals surface area contributed by atoms with Crippen LogP contribution in [0, 0.1) is 0 Å². The van der Waals surface area contributed by atoms with E-state index >= 15 is 0 Å². The molecule has 0 heterocycles. The Hall–Kier alpha value is -2.21. The van der Waals surface area contributed by atoms with Crippen molar-refractivity contribution in [1.29, 1.82) is 0 Å². The van der Waals surface area contributed by atoms with E-state index in [9.17, 15) is 18.0 Å². The van der Waals surface area contributed by atoms with Crippen molar-refractivity contribution in [3.8, 4) is 5.75 Å². The summed E-state index contributed by atoms with van der Waals surface area (Å²) in [5.74, 6) is -0.820. The molecule has 106 valence electrons. The maximum absolute atomic E-state index is 11.5. The third kappa shape index (κ3) is 4.47. The molecule has 0 saturated heterocycles. The molecule has 1 rings (SSSR count). The molecule has 0 amide bonds. The number of Topliss-reactive ketones (excluding diaryl/α,β-unsaturated/α-hetero) is 1. The summed E-state index contributed by atoms with van der Waals surface area (Å²) < 4.78 is 27.8. The van der Waals surface area contributed by atoms with Gasteiger partial charge in [0, 0.05) is 12.3 Å². The summed E-state index contributed by atoms with van der Waals surface area (Å²) >= 11 is 0. The Morgan fingerprint density at radius 3 is 2.15 bits per heavy atom. The van der Waals surface area contributed by atoms with Gasteiger partial charge in [-0.15, -0.1) is 0 Å². The van der Waals surface area contributed by atoms with Gasteiger partial charge in [0.05, 0.1) is 0 Å². The number of esters is 1. The lowest BCUT2D eigenvalue weighted by atomic mass is 10.2. The maximum Gasteiger partial charge on any atom is 0.335 e. The zero-order valence-electron chi connectivity index (χ0n) is 11.1. The van der Waals surface area contributed by atoms with E-state index < -0.39 is 21.6 Å². The standard InChI is InChI=1S/C14H14O5S/c1-4-14(16)19-12-7-5-11(6-8-12)9-13(10(2)15)20(3,17)18/h4-9H,1H2,2-3H3/b13-9-. The van der Waals surface area contributed by atoms with Crippen LogP contribution in [0.4, 0.5) is 0 Å². The predicted octanol–water partition coefficient (Wildman–Crippen LogP) is 1.75. The number of allylic oxidation sites excluding steroid dienone is 1. The van der Waals surface area contributed by atoms with Gasteiger partial charge in [-0.25, -0.2) is 13.2 Å². The molecule has 0 aliphatic heterocycles. The first-order valence-corrected chi connectivity index (χ1v) is 7.50. The van der Waals surface area contributed by atoms with E-state index in [4.69, 9.17) is 4.74 Å². The van der Waals surface area contributed by atoms with Gasteiger partial charge in [-0.1, -0.05) is 18.7 Å². The molecule has 5 nitrogen and oxygen atoms in total. The van der Waals surface area contributed by atoms with E-state index in [0.717, 1.165) is 12.3 Å². The maximum atomic E-state index is 11.5. The van der Waals surface area contributed by atoms with Crippen molar-refractivity contribution in [1.82, 2.24) is 0 Å². The van der Waals surface area contributed by atoms with Gasteiger partial charge < -0.3 is 4.74 Å². The lowest BCUT2D eigenvalue weighted by Gasteiger charge is -2.03. The highest BCUT2D eigenvalue weighted by molar-refractivity contribution is 7.95. The Bertz CT molecular complexity index is 666. The van der Waals surface area contributed by atoms with Crippen molar-refractivity contribution in [3.05, 3.63) is 47.4 Å². The minimum absolute atomic E-state index is 0.270. The molecule has 0 aliphatic rings. The Morgan fingerprint density at radius 1 is 1.20 bits per heavy atom. The summed E-state index contributed by atoms with van der Waals surface area (Å²) in [4.78, 5) is 22.0. The molecule has 0 atom stereocenters. The van der Waals surface area contributed by atoms with E-state index in [0.29, 0.717) is 11.3 Å². The van der Waals surface area contributed by atoms with Crippen molar-refractivity contribution in [3.63, 3.8) is 0 Å². The fourth-order valence-corrected chi connectivity index (χ4v) is 2.28. The minimum Gasteiger partial charge on any atom is -0.423 e. The topological polar surface area (TPSA) is 77.5 Å². The van der Waals surface area contributed by atoms with Crippen LogP contribution in [0.15, 0.2) is 41.8 Å². The molecule has 0 radical (unpaired) electrons. The van der Waals surface area contributed by atoms with Crippen LogP contribution in [0.5, 0.6) is 5.75 Å². The van der Waals surface area contributed by atoms with Crippen molar-refractivity contribution in [2.24, 2.45) is 0 Å². The molecule has 1 aromatic carbocycles. The van der Waals surface area contributed by atoms with Gasteiger partial charge in [0.15, 0.2) is 15.6 Å². The van der Waals surface area contributed by atoms with Crippen LogP contribution >= 0.6 is 0 Å². The zero-order valence-corrected chi connectivity index (χ0v) is 11.9. The molecule has 0 unspecified atom stereocenters. The molecule has 0 fully saturated rings. The monoisotopic (exact) mass is 294 g/mol. The Kier molecular flexibility index (Phi) is 4.99. The number of ketones is 1. The van der Waals surface area contributed by atoms with Crippen molar-refractivity contribution in [2.75, 3.05) is 6.26 Å². The normalized spacial score (nSPS) is 11.8. The molecule has 0 aromatic heterocycles. The zero-order chi connectivity index (χ0) is 15.3. The van der Waals surface area contributed by atoms with Crippen molar-refractivity contribution in [2.45, 2.75) is 6.92 Å². The quantitative estimate of drug-likeness (QED) is 0.470. The number of carbonyl (C=O) groups excluding carboxylic acids is 2. The summed E-state index contributed by atoms with van der Waals surface area (Å²) in [5.41, 5.74) is 0.513. The summed E-state index contributed by atoms with van der Waals surface area (Å²) in [6.45, 7) is 4.46. The Balaban J connectivity index is 3.07. The van der Waals surface area contributed by atoms with Crippen LogP contribution < -0.4 is 4.74 Å². The molecular weight excluding hydrogens is 280 g/mol. The largest absolute Gasteiger partial charge is 0.423 e. The molecule has 1 aromatic rings. The Morgan fingerprint density at radius 2 is 1.75 bits per heavy atom. The highest BCUT2D eigenvalue weighted by Crippen LogP contribution is 2.17. The number of ether oxygens (including phenoxy) is 1. The van der Waals surface area contributed by atoms with Gasteiger partial charge in [-0.3, -0.25) is 4.79 Å². The van der Waals surface area contributed by atoms with Crippen LogP contribution in [0.3, 0.4) is 0 Å². The van der Waals surface area contributed by atoms with Gasteiger partial charge in [0.1, 0.15) is 10.7 Å². The smallest absolute Gasteiger partial charge is 0.335 e. The van der Waals surface area contributed by atoms with Crippen molar-refractivity contribution < 1.29 is 22.7 Å². The van der Waals surface area contributed by atoms with Gasteiger partial charge >= 0.3 is 5.97 Å². The van der Waals surface area contributed by atoms with E-state index in [2.05, 4.69) is 6.58 Å². The number of hydrogen-bond acceptors (Lipinski definition) is 5. The SMILES string of the molecule is C=CC(=O)Oc1ccc(/C=C(/C(C)=O)S(C)(=O)=O)cc1. The van der Waals surface area contributed by atoms with Gasteiger partial charge in [-0.2, -0.15) is 0 Å². The molecule has 6 heteroatoms.